The average Bonchev–Trinajstić information content (AvgIpc) is 2.06. The van der Waals surface area contributed by atoms with Gasteiger partial charge in [0.25, 0.3) is 0 Å². The molecule has 1 atom stereocenters. The van der Waals surface area contributed by atoms with E-state index in [1.807, 2.05) is 0 Å². The lowest BCUT2D eigenvalue weighted by molar-refractivity contribution is -0.165. The fourth-order valence-electron chi connectivity index (χ4n) is 1.08. The molecule has 2 rings (SSSR count). The summed E-state index contributed by atoms with van der Waals surface area (Å²) in [4.78, 5) is 0. The molecule has 3 nitrogen and oxygen atoms in total. The van der Waals surface area contributed by atoms with Gasteiger partial charge in [-0.3, -0.25) is 0 Å². The summed E-state index contributed by atoms with van der Waals surface area (Å²) in [7, 11) is 0. The van der Waals surface area contributed by atoms with Crippen LogP contribution in [0.5, 0.6) is 5.75 Å². The zero-order valence-electron chi connectivity index (χ0n) is 7.30. The van der Waals surface area contributed by atoms with Gasteiger partial charge in [0.1, 0.15) is 11.6 Å². The highest BCUT2D eigenvalue weighted by molar-refractivity contribution is 6.32. The highest BCUT2D eigenvalue weighted by Crippen LogP contribution is 2.31. The van der Waals surface area contributed by atoms with Crippen LogP contribution in [0.2, 0.25) is 5.02 Å². The molecule has 1 aliphatic heterocycles. The third-order valence-electron chi connectivity index (χ3n) is 1.97. The predicted octanol–water partition coefficient (Wildman–Crippen LogP) is 2.19. The van der Waals surface area contributed by atoms with Gasteiger partial charge in [-0.15, -0.1) is 0 Å². The first-order valence-corrected chi connectivity index (χ1v) is 4.57. The number of nitrogen functional groups attached to an aromatic ring is 1. The van der Waals surface area contributed by atoms with E-state index in [1.165, 1.54) is 6.07 Å². The largest absolute Gasteiger partial charge is 0.463 e. The van der Waals surface area contributed by atoms with Gasteiger partial charge in [0.05, 0.1) is 17.3 Å². The van der Waals surface area contributed by atoms with E-state index in [4.69, 9.17) is 26.8 Å². The Morgan fingerprint density at radius 1 is 1.57 bits per heavy atom. The molecule has 1 aliphatic rings. The van der Waals surface area contributed by atoms with Crippen LogP contribution in [0.4, 0.5) is 10.1 Å². The van der Waals surface area contributed by atoms with Gasteiger partial charge in [-0.2, -0.15) is 0 Å². The van der Waals surface area contributed by atoms with Crippen LogP contribution in [0, 0.1) is 5.82 Å². The van der Waals surface area contributed by atoms with E-state index in [1.54, 1.807) is 0 Å². The van der Waals surface area contributed by atoms with E-state index in [-0.39, 0.29) is 17.0 Å². The first-order chi connectivity index (χ1) is 6.66. The van der Waals surface area contributed by atoms with Gasteiger partial charge < -0.3 is 15.2 Å². The maximum Gasteiger partial charge on any atom is 0.202 e. The molecule has 1 aromatic carbocycles. The van der Waals surface area contributed by atoms with Crippen molar-refractivity contribution in [3.05, 3.63) is 23.0 Å². The summed E-state index contributed by atoms with van der Waals surface area (Å²) in [5.74, 6) is -0.188. The smallest absolute Gasteiger partial charge is 0.202 e. The Morgan fingerprint density at radius 2 is 2.29 bits per heavy atom. The molecule has 0 aromatic heterocycles. The van der Waals surface area contributed by atoms with Crippen LogP contribution in [-0.4, -0.2) is 12.9 Å². The Hall–Kier alpha value is -1.00. The number of hydrogen-bond acceptors (Lipinski definition) is 3. The molecule has 5 heteroatoms. The summed E-state index contributed by atoms with van der Waals surface area (Å²) in [6.45, 7) is 0.680. The third-order valence-corrected chi connectivity index (χ3v) is 2.26. The van der Waals surface area contributed by atoms with Crippen LogP contribution in [0.1, 0.15) is 6.42 Å². The van der Waals surface area contributed by atoms with Gasteiger partial charge in [0.15, 0.2) is 0 Å². The molecule has 1 aromatic rings. The Bertz CT molecular complexity index is 355. The molecule has 76 valence electrons. The maximum atomic E-state index is 12.9. The quantitative estimate of drug-likeness (QED) is 0.773. The SMILES string of the molecule is Nc1cc(OC2CCO2)c(Cl)cc1F. The third kappa shape index (κ3) is 1.76. The molecule has 1 heterocycles. The van der Waals surface area contributed by atoms with Crippen molar-refractivity contribution >= 4 is 17.3 Å². The van der Waals surface area contributed by atoms with E-state index in [2.05, 4.69) is 0 Å². The van der Waals surface area contributed by atoms with Gasteiger partial charge >= 0.3 is 0 Å². The van der Waals surface area contributed by atoms with Crippen LogP contribution in [-0.2, 0) is 4.74 Å². The summed E-state index contributed by atoms with van der Waals surface area (Å²) in [5.41, 5.74) is 5.39. The van der Waals surface area contributed by atoms with Gasteiger partial charge in [-0.1, -0.05) is 11.6 Å². The number of ether oxygens (including phenoxy) is 2. The van der Waals surface area contributed by atoms with Crippen molar-refractivity contribution in [2.75, 3.05) is 12.3 Å². The Kier molecular flexibility index (Phi) is 2.48. The number of hydrogen-bond donors (Lipinski definition) is 1. The molecular weight excluding hydrogens is 209 g/mol. The molecule has 0 bridgehead atoms. The van der Waals surface area contributed by atoms with Gasteiger partial charge in [-0.25, -0.2) is 4.39 Å². The molecule has 0 spiro atoms. The molecule has 1 saturated heterocycles. The summed E-state index contributed by atoms with van der Waals surface area (Å²) >= 11 is 5.75. The first kappa shape index (κ1) is 9.55. The van der Waals surface area contributed by atoms with E-state index < -0.39 is 5.82 Å². The van der Waals surface area contributed by atoms with E-state index >= 15 is 0 Å². The Morgan fingerprint density at radius 3 is 2.86 bits per heavy atom. The molecule has 0 aliphatic carbocycles. The van der Waals surface area contributed by atoms with E-state index in [0.717, 1.165) is 12.5 Å². The molecule has 2 N–H and O–H groups in total. The second kappa shape index (κ2) is 3.63. The zero-order valence-corrected chi connectivity index (χ0v) is 8.05. The van der Waals surface area contributed by atoms with Crippen molar-refractivity contribution in [3.8, 4) is 5.75 Å². The number of anilines is 1. The molecule has 0 saturated carbocycles. The normalized spacial score (nSPS) is 20.3. The van der Waals surface area contributed by atoms with Crippen LogP contribution >= 0.6 is 11.6 Å². The second-order valence-electron chi connectivity index (χ2n) is 3.01. The van der Waals surface area contributed by atoms with Crippen LogP contribution in [0.15, 0.2) is 12.1 Å². The van der Waals surface area contributed by atoms with Crippen molar-refractivity contribution < 1.29 is 13.9 Å². The fraction of sp³-hybridized carbons (Fsp3) is 0.333. The summed E-state index contributed by atoms with van der Waals surface area (Å²) in [5, 5.41) is 0.201. The lowest BCUT2D eigenvalue weighted by atomic mass is 10.3. The molecule has 0 radical (unpaired) electrons. The van der Waals surface area contributed by atoms with Crippen LogP contribution in [0.3, 0.4) is 0 Å². The number of benzene rings is 1. The summed E-state index contributed by atoms with van der Waals surface area (Å²) in [6.07, 6.45) is 0.533. The van der Waals surface area contributed by atoms with Crippen molar-refractivity contribution in [2.24, 2.45) is 0 Å². The Labute approximate surface area is 85.6 Å². The minimum absolute atomic E-state index is 0.0173. The highest BCUT2D eigenvalue weighted by Gasteiger charge is 2.21. The Balaban J connectivity index is 2.19. The number of rotatable bonds is 2. The summed E-state index contributed by atoms with van der Waals surface area (Å²) < 4.78 is 23.3. The van der Waals surface area contributed by atoms with Crippen molar-refractivity contribution in [1.82, 2.24) is 0 Å². The predicted molar refractivity (Wildman–Crippen MR) is 50.8 cm³/mol. The van der Waals surface area contributed by atoms with Crippen molar-refractivity contribution in [2.45, 2.75) is 12.7 Å². The van der Waals surface area contributed by atoms with Crippen LogP contribution in [0.25, 0.3) is 0 Å². The average molecular weight is 218 g/mol. The molecule has 14 heavy (non-hydrogen) atoms. The topological polar surface area (TPSA) is 44.5 Å². The molecular formula is C9H9ClFNO2. The standard InChI is InChI=1S/C9H9ClFNO2/c10-5-3-6(11)7(12)4-8(5)14-9-1-2-13-9/h3-4,9H,1-2,12H2. The first-order valence-electron chi connectivity index (χ1n) is 4.19. The lowest BCUT2D eigenvalue weighted by Gasteiger charge is -2.27. The van der Waals surface area contributed by atoms with Gasteiger partial charge in [0, 0.05) is 12.5 Å². The number of halogens is 2. The summed E-state index contributed by atoms with van der Waals surface area (Å²) in [6, 6.07) is 2.49. The molecule has 0 amide bonds. The van der Waals surface area contributed by atoms with Crippen molar-refractivity contribution in [3.63, 3.8) is 0 Å². The number of nitrogens with two attached hydrogens (primary N) is 1. The fourth-order valence-corrected chi connectivity index (χ4v) is 1.28. The minimum atomic E-state index is -0.545. The highest BCUT2D eigenvalue weighted by atomic mass is 35.5. The monoisotopic (exact) mass is 217 g/mol. The van der Waals surface area contributed by atoms with E-state index in [9.17, 15) is 4.39 Å². The van der Waals surface area contributed by atoms with E-state index in [0.29, 0.717) is 12.4 Å². The molecule has 1 unspecified atom stereocenters. The lowest BCUT2D eigenvalue weighted by Crippen LogP contribution is -2.32. The van der Waals surface area contributed by atoms with Gasteiger partial charge in [-0.05, 0) is 6.07 Å². The van der Waals surface area contributed by atoms with Crippen LogP contribution < -0.4 is 10.5 Å². The molecule has 1 fully saturated rings. The van der Waals surface area contributed by atoms with Gasteiger partial charge in [0.2, 0.25) is 6.29 Å². The minimum Gasteiger partial charge on any atom is -0.463 e. The zero-order chi connectivity index (χ0) is 10.1. The maximum absolute atomic E-state index is 12.9. The van der Waals surface area contributed by atoms with Crippen molar-refractivity contribution in [1.29, 1.82) is 0 Å². The second-order valence-corrected chi connectivity index (χ2v) is 3.42.